The fourth-order valence-electron chi connectivity index (χ4n) is 1.80. The van der Waals surface area contributed by atoms with Crippen molar-refractivity contribution in [2.45, 2.75) is 6.04 Å². The summed E-state index contributed by atoms with van der Waals surface area (Å²) in [6, 6.07) is 7.94. The summed E-state index contributed by atoms with van der Waals surface area (Å²) in [6.45, 7) is 0.791. The number of rotatable bonds is 2. The minimum absolute atomic E-state index is 0.122. The summed E-state index contributed by atoms with van der Waals surface area (Å²) in [6.07, 6.45) is -0.579. The fraction of sp³-hybridized carbons (Fsp3) is 0.385. The van der Waals surface area contributed by atoms with Gasteiger partial charge in [-0.1, -0.05) is 18.2 Å². The maximum atomic E-state index is 12.0. The van der Waals surface area contributed by atoms with Gasteiger partial charge in [-0.3, -0.25) is 4.90 Å². The predicted octanol–water partition coefficient (Wildman–Crippen LogP) is 1.06. The Kier molecular flexibility index (Phi) is 4.35. The Morgan fingerprint density at radius 1 is 1.32 bits per heavy atom. The number of benzene rings is 1. The molecular formula is C13H15NO5. The molecule has 1 amide bonds. The molecule has 1 atom stereocenters. The van der Waals surface area contributed by atoms with Gasteiger partial charge in [0.05, 0.1) is 20.3 Å². The molecule has 1 aliphatic heterocycles. The van der Waals surface area contributed by atoms with E-state index in [0.717, 1.165) is 0 Å². The molecule has 1 heterocycles. The standard InChI is InChI=1S/C13H15NO5/c1-17-12(15)11-9-18-8-7-14(11)13(16)19-10-5-3-2-4-6-10/h2-6,11H,7-9H2,1H3. The molecule has 0 saturated carbocycles. The number of ether oxygens (including phenoxy) is 3. The van der Waals surface area contributed by atoms with Crippen LogP contribution in [0.25, 0.3) is 0 Å². The summed E-state index contributed by atoms with van der Waals surface area (Å²) < 4.78 is 15.0. The summed E-state index contributed by atoms with van der Waals surface area (Å²) in [5, 5.41) is 0. The van der Waals surface area contributed by atoms with Crippen LogP contribution >= 0.6 is 0 Å². The Labute approximate surface area is 110 Å². The zero-order valence-electron chi connectivity index (χ0n) is 10.6. The van der Waals surface area contributed by atoms with E-state index in [1.165, 1.54) is 12.0 Å². The van der Waals surface area contributed by atoms with E-state index in [2.05, 4.69) is 4.74 Å². The lowest BCUT2D eigenvalue weighted by atomic mass is 10.2. The Bertz CT molecular complexity index is 448. The van der Waals surface area contributed by atoms with Crippen molar-refractivity contribution in [1.29, 1.82) is 0 Å². The summed E-state index contributed by atoms with van der Waals surface area (Å²) in [4.78, 5) is 24.9. The SMILES string of the molecule is COC(=O)C1COCCN1C(=O)Oc1ccccc1. The van der Waals surface area contributed by atoms with Gasteiger partial charge in [-0.15, -0.1) is 0 Å². The normalized spacial score (nSPS) is 18.8. The molecule has 0 N–H and O–H groups in total. The number of nitrogens with zero attached hydrogens (tertiary/aromatic N) is 1. The van der Waals surface area contributed by atoms with Crippen molar-refractivity contribution in [3.8, 4) is 5.75 Å². The van der Waals surface area contributed by atoms with Crippen LogP contribution in [0.3, 0.4) is 0 Å². The fourth-order valence-corrected chi connectivity index (χ4v) is 1.80. The second-order valence-corrected chi connectivity index (χ2v) is 3.99. The van der Waals surface area contributed by atoms with Crippen molar-refractivity contribution in [3.05, 3.63) is 30.3 Å². The first-order valence-corrected chi connectivity index (χ1v) is 5.91. The van der Waals surface area contributed by atoms with Crippen molar-refractivity contribution in [1.82, 2.24) is 4.90 Å². The predicted molar refractivity (Wildman–Crippen MR) is 65.8 cm³/mol. The van der Waals surface area contributed by atoms with Gasteiger partial charge in [0.2, 0.25) is 0 Å². The molecule has 0 spiro atoms. The molecule has 6 nitrogen and oxygen atoms in total. The summed E-state index contributed by atoms with van der Waals surface area (Å²) in [5.74, 6) is -0.0766. The van der Waals surface area contributed by atoms with Gasteiger partial charge in [0, 0.05) is 6.54 Å². The average Bonchev–Trinajstić information content (AvgIpc) is 2.47. The van der Waals surface area contributed by atoms with Crippen LogP contribution in [0.1, 0.15) is 0 Å². The first-order chi connectivity index (χ1) is 9.22. The Balaban J connectivity index is 2.05. The topological polar surface area (TPSA) is 65.1 Å². The number of morpholine rings is 1. The van der Waals surface area contributed by atoms with E-state index in [1.807, 2.05) is 6.07 Å². The molecule has 19 heavy (non-hydrogen) atoms. The molecule has 0 bridgehead atoms. The molecule has 0 aliphatic carbocycles. The highest BCUT2D eigenvalue weighted by atomic mass is 16.6. The molecule has 2 rings (SSSR count). The van der Waals surface area contributed by atoms with Crippen molar-refractivity contribution in [3.63, 3.8) is 0 Å². The lowest BCUT2D eigenvalue weighted by molar-refractivity contribution is -0.151. The molecule has 1 fully saturated rings. The van der Waals surface area contributed by atoms with E-state index in [1.54, 1.807) is 24.3 Å². The van der Waals surface area contributed by atoms with Crippen LogP contribution in [0.15, 0.2) is 30.3 Å². The van der Waals surface area contributed by atoms with Crippen LogP contribution in [0, 0.1) is 0 Å². The second kappa shape index (κ2) is 6.19. The van der Waals surface area contributed by atoms with Crippen molar-refractivity contribution in [2.75, 3.05) is 26.9 Å². The van der Waals surface area contributed by atoms with E-state index >= 15 is 0 Å². The van der Waals surface area contributed by atoms with E-state index in [9.17, 15) is 9.59 Å². The molecule has 1 unspecified atom stereocenters. The number of methoxy groups -OCH3 is 1. The molecule has 1 saturated heterocycles. The molecule has 0 aromatic heterocycles. The van der Waals surface area contributed by atoms with Gasteiger partial charge in [-0.2, -0.15) is 0 Å². The minimum Gasteiger partial charge on any atom is -0.467 e. The largest absolute Gasteiger partial charge is 0.467 e. The summed E-state index contributed by atoms with van der Waals surface area (Å²) in [5.41, 5.74) is 0. The second-order valence-electron chi connectivity index (χ2n) is 3.99. The number of carbonyl (C=O) groups excluding carboxylic acids is 2. The maximum absolute atomic E-state index is 12.0. The zero-order chi connectivity index (χ0) is 13.7. The van der Waals surface area contributed by atoms with E-state index in [0.29, 0.717) is 18.9 Å². The van der Waals surface area contributed by atoms with E-state index in [4.69, 9.17) is 9.47 Å². The number of carbonyl (C=O) groups is 2. The minimum atomic E-state index is -0.755. The quantitative estimate of drug-likeness (QED) is 0.748. The lowest BCUT2D eigenvalue weighted by Crippen LogP contribution is -2.53. The van der Waals surface area contributed by atoms with Crippen molar-refractivity contribution < 1.29 is 23.8 Å². The summed E-state index contributed by atoms with van der Waals surface area (Å²) in [7, 11) is 1.28. The van der Waals surface area contributed by atoms with Gasteiger partial charge in [-0.05, 0) is 12.1 Å². The lowest BCUT2D eigenvalue weighted by Gasteiger charge is -2.32. The number of hydrogen-bond donors (Lipinski definition) is 0. The Hall–Kier alpha value is -2.08. The van der Waals surface area contributed by atoms with Gasteiger partial charge < -0.3 is 14.2 Å². The summed E-state index contributed by atoms with van der Waals surface area (Å²) >= 11 is 0. The molecule has 0 radical (unpaired) electrons. The Morgan fingerprint density at radius 2 is 2.05 bits per heavy atom. The molecule has 1 aromatic rings. The first-order valence-electron chi connectivity index (χ1n) is 5.91. The third kappa shape index (κ3) is 3.23. The monoisotopic (exact) mass is 265 g/mol. The molecule has 6 heteroatoms. The Morgan fingerprint density at radius 3 is 2.74 bits per heavy atom. The van der Waals surface area contributed by atoms with Crippen molar-refractivity contribution >= 4 is 12.1 Å². The van der Waals surface area contributed by atoms with Crippen LogP contribution in [-0.2, 0) is 14.3 Å². The van der Waals surface area contributed by atoms with Gasteiger partial charge in [-0.25, -0.2) is 9.59 Å². The number of esters is 1. The molecule has 102 valence electrons. The third-order valence-corrected chi connectivity index (χ3v) is 2.78. The van der Waals surface area contributed by atoms with Gasteiger partial charge in [0.15, 0.2) is 6.04 Å². The highest BCUT2D eigenvalue weighted by Crippen LogP contribution is 2.14. The van der Waals surface area contributed by atoms with E-state index in [-0.39, 0.29) is 6.61 Å². The number of para-hydroxylation sites is 1. The third-order valence-electron chi connectivity index (χ3n) is 2.78. The number of hydrogen-bond acceptors (Lipinski definition) is 5. The van der Waals surface area contributed by atoms with Gasteiger partial charge in [0.25, 0.3) is 0 Å². The van der Waals surface area contributed by atoms with Crippen LogP contribution in [-0.4, -0.2) is 49.9 Å². The smallest absolute Gasteiger partial charge is 0.416 e. The van der Waals surface area contributed by atoms with Crippen molar-refractivity contribution in [2.24, 2.45) is 0 Å². The van der Waals surface area contributed by atoms with E-state index < -0.39 is 18.1 Å². The zero-order valence-corrected chi connectivity index (χ0v) is 10.6. The van der Waals surface area contributed by atoms with Crippen LogP contribution in [0.5, 0.6) is 5.75 Å². The van der Waals surface area contributed by atoms with Gasteiger partial charge >= 0.3 is 12.1 Å². The molecule has 1 aromatic carbocycles. The number of amides is 1. The van der Waals surface area contributed by atoms with Crippen LogP contribution < -0.4 is 4.74 Å². The van der Waals surface area contributed by atoms with Gasteiger partial charge in [0.1, 0.15) is 5.75 Å². The molecule has 1 aliphatic rings. The first kappa shape index (κ1) is 13.4. The maximum Gasteiger partial charge on any atom is 0.416 e. The molecular weight excluding hydrogens is 250 g/mol. The van der Waals surface area contributed by atoms with Crippen LogP contribution in [0.2, 0.25) is 0 Å². The highest BCUT2D eigenvalue weighted by Gasteiger charge is 2.34. The average molecular weight is 265 g/mol. The highest BCUT2D eigenvalue weighted by molar-refractivity contribution is 5.82. The van der Waals surface area contributed by atoms with Crippen LogP contribution in [0.4, 0.5) is 4.79 Å².